The minimum absolute atomic E-state index is 0. The number of benzene rings is 2. The summed E-state index contributed by atoms with van der Waals surface area (Å²) in [5, 5.41) is 21.1. The zero-order valence-electron chi connectivity index (χ0n) is 16.4. The molecule has 142 valence electrons. The summed E-state index contributed by atoms with van der Waals surface area (Å²) >= 11 is 0. The summed E-state index contributed by atoms with van der Waals surface area (Å²) in [5.74, 6) is 0.787. The van der Waals surface area contributed by atoms with Gasteiger partial charge in [-0.2, -0.15) is 0 Å². The molecule has 1 aliphatic heterocycles. The molecule has 0 saturated carbocycles. The average molecular weight is 376 g/mol. The molecule has 0 spiro atoms. The predicted molar refractivity (Wildman–Crippen MR) is 110 cm³/mol. The molecule has 2 aromatic carbocycles. The second-order valence-electron chi connectivity index (χ2n) is 7.69. The molecule has 0 unspecified atom stereocenters. The normalized spacial score (nSPS) is 17.0. The number of rotatable bonds is 2. The predicted octanol–water partition coefficient (Wildman–Crippen LogP) is 4.76. The van der Waals surface area contributed by atoms with E-state index in [4.69, 9.17) is 0 Å². The van der Waals surface area contributed by atoms with Gasteiger partial charge in [-0.25, -0.2) is 0 Å². The van der Waals surface area contributed by atoms with E-state index >= 15 is 0 Å². The molecule has 4 heteroatoms. The van der Waals surface area contributed by atoms with Crippen LogP contribution in [0.15, 0.2) is 24.3 Å². The molecular weight excluding hydrogens is 346 g/mol. The quantitative estimate of drug-likeness (QED) is 0.794. The smallest absolute Gasteiger partial charge is 0.121 e. The van der Waals surface area contributed by atoms with Gasteiger partial charge in [0.25, 0.3) is 0 Å². The first kappa shape index (κ1) is 20.6. The third-order valence-corrected chi connectivity index (χ3v) is 6.14. The lowest BCUT2D eigenvalue weighted by Crippen LogP contribution is -2.42. The Labute approximate surface area is 163 Å². The molecule has 26 heavy (non-hydrogen) atoms. The van der Waals surface area contributed by atoms with E-state index in [0.29, 0.717) is 11.5 Å². The fourth-order valence-corrected chi connectivity index (χ4v) is 4.39. The Morgan fingerprint density at radius 1 is 0.769 bits per heavy atom. The molecule has 0 aromatic heterocycles. The number of nitrogens with zero attached hydrogens (tertiary/aromatic N) is 1. The van der Waals surface area contributed by atoms with E-state index in [1.807, 2.05) is 39.8 Å². The van der Waals surface area contributed by atoms with Gasteiger partial charge >= 0.3 is 0 Å². The SMILES string of the molecule is Cc1ccc(C2(c3ccc(C)c(O)c3C)CCN(C)CC2)c(C)c1O.Cl. The molecule has 1 aliphatic rings. The van der Waals surface area contributed by atoms with Gasteiger partial charge in [-0.3, -0.25) is 0 Å². The molecular formula is C22H30ClNO2. The van der Waals surface area contributed by atoms with Crippen molar-refractivity contribution in [3.05, 3.63) is 57.6 Å². The highest BCUT2D eigenvalue weighted by Gasteiger charge is 2.40. The fourth-order valence-electron chi connectivity index (χ4n) is 4.39. The van der Waals surface area contributed by atoms with Gasteiger partial charge in [-0.15, -0.1) is 12.4 Å². The summed E-state index contributed by atoms with van der Waals surface area (Å²) in [4.78, 5) is 2.35. The highest BCUT2D eigenvalue weighted by Crippen LogP contribution is 2.47. The lowest BCUT2D eigenvalue weighted by molar-refractivity contribution is 0.211. The lowest BCUT2D eigenvalue weighted by atomic mass is 9.65. The van der Waals surface area contributed by atoms with Crippen molar-refractivity contribution in [2.24, 2.45) is 0 Å². The molecule has 3 rings (SSSR count). The molecule has 2 N–H and O–H groups in total. The Kier molecular flexibility index (Phi) is 5.94. The Morgan fingerprint density at radius 2 is 1.15 bits per heavy atom. The van der Waals surface area contributed by atoms with E-state index in [1.54, 1.807) is 0 Å². The number of hydrogen-bond acceptors (Lipinski definition) is 3. The number of phenols is 2. The molecule has 0 atom stereocenters. The third-order valence-electron chi connectivity index (χ3n) is 6.14. The Balaban J connectivity index is 0.00000243. The average Bonchev–Trinajstić information content (AvgIpc) is 2.59. The second-order valence-corrected chi connectivity index (χ2v) is 7.69. The minimum Gasteiger partial charge on any atom is -0.507 e. The number of piperidine rings is 1. The topological polar surface area (TPSA) is 43.7 Å². The number of phenolic OH excluding ortho intramolecular Hbond substituents is 2. The van der Waals surface area contributed by atoms with E-state index in [2.05, 4.69) is 24.1 Å². The van der Waals surface area contributed by atoms with Gasteiger partial charge in [-0.1, -0.05) is 24.3 Å². The number of aromatic hydroxyl groups is 2. The van der Waals surface area contributed by atoms with Crippen LogP contribution in [0.1, 0.15) is 46.2 Å². The molecule has 3 nitrogen and oxygen atoms in total. The van der Waals surface area contributed by atoms with Crippen LogP contribution < -0.4 is 0 Å². The number of likely N-dealkylation sites (tertiary alicyclic amines) is 1. The molecule has 0 radical (unpaired) electrons. The second kappa shape index (κ2) is 7.50. The summed E-state index contributed by atoms with van der Waals surface area (Å²) in [6, 6.07) is 8.38. The van der Waals surface area contributed by atoms with Crippen molar-refractivity contribution < 1.29 is 10.2 Å². The van der Waals surface area contributed by atoms with E-state index in [0.717, 1.165) is 48.2 Å². The van der Waals surface area contributed by atoms with Crippen molar-refractivity contribution in [2.45, 2.75) is 46.0 Å². The summed E-state index contributed by atoms with van der Waals surface area (Å²) in [5.41, 5.74) is 5.95. The van der Waals surface area contributed by atoms with Crippen LogP contribution in [-0.2, 0) is 5.41 Å². The first-order chi connectivity index (χ1) is 11.8. The Morgan fingerprint density at radius 3 is 1.54 bits per heavy atom. The van der Waals surface area contributed by atoms with Crippen LogP contribution in [0.3, 0.4) is 0 Å². The van der Waals surface area contributed by atoms with Gasteiger partial charge in [0.1, 0.15) is 11.5 Å². The third kappa shape index (κ3) is 3.19. The molecule has 1 fully saturated rings. The zero-order valence-corrected chi connectivity index (χ0v) is 17.2. The molecule has 2 aromatic rings. The van der Waals surface area contributed by atoms with E-state index in [1.165, 1.54) is 11.1 Å². The largest absolute Gasteiger partial charge is 0.507 e. The van der Waals surface area contributed by atoms with Gasteiger partial charge in [0.2, 0.25) is 0 Å². The van der Waals surface area contributed by atoms with Gasteiger partial charge in [-0.05, 0) is 94.1 Å². The number of hydrogen-bond donors (Lipinski definition) is 2. The monoisotopic (exact) mass is 375 g/mol. The van der Waals surface area contributed by atoms with Crippen LogP contribution >= 0.6 is 12.4 Å². The standard InChI is InChI=1S/C22H29NO2.ClH/c1-14-6-8-18(16(3)20(14)24)22(10-12-23(5)13-11-22)19-9-7-15(2)21(25)17(19)4;/h6-9,24-25H,10-13H2,1-5H3;1H. The summed E-state index contributed by atoms with van der Waals surface area (Å²) in [6.07, 6.45) is 1.96. The van der Waals surface area contributed by atoms with Crippen molar-refractivity contribution in [2.75, 3.05) is 20.1 Å². The maximum absolute atomic E-state index is 10.5. The minimum atomic E-state index is -0.170. The fraction of sp³-hybridized carbons (Fsp3) is 0.455. The van der Waals surface area contributed by atoms with Gasteiger partial charge < -0.3 is 15.1 Å². The Bertz CT molecular complexity index is 749. The molecule has 1 heterocycles. The summed E-state index contributed by atoms with van der Waals surface area (Å²) in [6.45, 7) is 9.92. The highest BCUT2D eigenvalue weighted by molar-refractivity contribution is 5.85. The van der Waals surface area contributed by atoms with Crippen LogP contribution in [0.25, 0.3) is 0 Å². The summed E-state index contributed by atoms with van der Waals surface area (Å²) < 4.78 is 0. The molecule has 0 bridgehead atoms. The number of aryl methyl sites for hydroxylation is 2. The van der Waals surface area contributed by atoms with Gasteiger partial charge in [0.05, 0.1) is 0 Å². The van der Waals surface area contributed by atoms with Crippen LogP contribution in [0.4, 0.5) is 0 Å². The maximum atomic E-state index is 10.5. The lowest BCUT2D eigenvalue weighted by Gasteiger charge is -2.43. The van der Waals surface area contributed by atoms with E-state index in [-0.39, 0.29) is 17.8 Å². The van der Waals surface area contributed by atoms with Crippen molar-refractivity contribution in [3.63, 3.8) is 0 Å². The van der Waals surface area contributed by atoms with Crippen LogP contribution in [0, 0.1) is 27.7 Å². The molecule has 0 aliphatic carbocycles. The van der Waals surface area contributed by atoms with Crippen molar-refractivity contribution in [1.82, 2.24) is 4.90 Å². The summed E-state index contributed by atoms with van der Waals surface area (Å²) in [7, 11) is 2.16. The van der Waals surface area contributed by atoms with E-state index < -0.39 is 0 Å². The van der Waals surface area contributed by atoms with Crippen LogP contribution in [0.5, 0.6) is 11.5 Å². The van der Waals surface area contributed by atoms with Crippen LogP contribution in [-0.4, -0.2) is 35.3 Å². The van der Waals surface area contributed by atoms with Crippen molar-refractivity contribution in [3.8, 4) is 11.5 Å². The maximum Gasteiger partial charge on any atom is 0.121 e. The van der Waals surface area contributed by atoms with E-state index in [9.17, 15) is 10.2 Å². The molecule has 0 amide bonds. The Hall–Kier alpha value is -1.71. The van der Waals surface area contributed by atoms with Gasteiger partial charge in [0.15, 0.2) is 0 Å². The van der Waals surface area contributed by atoms with Crippen molar-refractivity contribution in [1.29, 1.82) is 0 Å². The first-order valence-corrected chi connectivity index (χ1v) is 9.06. The molecule has 1 saturated heterocycles. The number of halogens is 1. The van der Waals surface area contributed by atoms with Gasteiger partial charge in [0, 0.05) is 5.41 Å². The van der Waals surface area contributed by atoms with Crippen LogP contribution in [0.2, 0.25) is 0 Å². The zero-order chi connectivity index (χ0) is 18.4. The highest BCUT2D eigenvalue weighted by atomic mass is 35.5. The first-order valence-electron chi connectivity index (χ1n) is 9.06. The van der Waals surface area contributed by atoms with Crippen molar-refractivity contribution >= 4 is 12.4 Å².